The SMILES string of the molecule is COc1cccc2c(C(=O)O)nc(CCN)n12. The van der Waals surface area contributed by atoms with Crippen molar-refractivity contribution >= 4 is 11.5 Å². The highest BCUT2D eigenvalue weighted by Gasteiger charge is 2.18. The number of carbonyl (C=O) groups is 1. The third-order valence-corrected chi connectivity index (χ3v) is 2.48. The molecule has 0 amide bonds. The van der Waals surface area contributed by atoms with Crippen LogP contribution in [0.4, 0.5) is 0 Å². The summed E-state index contributed by atoms with van der Waals surface area (Å²) in [5, 5.41) is 9.08. The van der Waals surface area contributed by atoms with Gasteiger partial charge in [-0.25, -0.2) is 9.78 Å². The highest BCUT2D eigenvalue weighted by Crippen LogP contribution is 2.21. The maximum absolute atomic E-state index is 11.1. The molecule has 0 saturated carbocycles. The predicted octanol–water partition coefficient (Wildman–Crippen LogP) is 0.542. The van der Waals surface area contributed by atoms with Gasteiger partial charge in [0.2, 0.25) is 0 Å². The van der Waals surface area contributed by atoms with Crippen LogP contribution in [-0.4, -0.2) is 34.1 Å². The van der Waals surface area contributed by atoms with E-state index in [1.165, 1.54) is 7.11 Å². The molecule has 0 fully saturated rings. The van der Waals surface area contributed by atoms with Crippen molar-refractivity contribution in [1.82, 2.24) is 9.38 Å². The first-order valence-electron chi connectivity index (χ1n) is 5.16. The lowest BCUT2D eigenvalue weighted by molar-refractivity contribution is 0.0693. The molecule has 2 heterocycles. The summed E-state index contributed by atoms with van der Waals surface area (Å²) in [4.78, 5) is 15.2. The highest BCUT2D eigenvalue weighted by molar-refractivity contribution is 5.93. The molecule has 0 saturated heterocycles. The van der Waals surface area contributed by atoms with Crippen LogP contribution in [0.3, 0.4) is 0 Å². The smallest absolute Gasteiger partial charge is 0.356 e. The third kappa shape index (κ3) is 1.83. The van der Waals surface area contributed by atoms with Crippen LogP contribution < -0.4 is 10.5 Å². The zero-order chi connectivity index (χ0) is 12.4. The number of hydrogen-bond donors (Lipinski definition) is 2. The Balaban J connectivity index is 2.76. The van der Waals surface area contributed by atoms with Gasteiger partial charge in [-0.3, -0.25) is 4.40 Å². The standard InChI is InChI=1S/C11H13N3O3/c1-17-9-4-2-3-7-10(11(15)16)13-8(5-6-12)14(7)9/h2-4H,5-6,12H2,1H3,(H,15,16). The molecule has 2 aromatic heterocycles. The number of carboxylic acids is 1. The van der Waals surface area contributed by atoms with E-state index in [0.29, 0.717) is 30.2 Å². The van der Waals surface area contributed by atoms with E-state index in [0.717, 1.165) is 0 Å². The molecule has 0 radical (unpaired) electrons. The van der Waals surface area contributed by atoms with Crippen LogP contribution in [0.1, 0.15) is 16.3 Å². The van der Waals surface area contributed by atoms with Gasteiger partial charge in [-0.05, 0) is 18.7 Å². The highest BCUT2D eigenvalue weighted by atomic mass is 16.5. The molecule has 0 aromatic carbocycles. The Kier molecular flexibility index (Phi) is 2.97. The number of aromatic carboxylic acids is 1. The lowest BCUT2D eigenvalue weighted by Gasteiger charge is -2.06. The van der Waals surface area contributed by atoms with Gasteiger partial charge in [0.15, 0.2) is 11.6 Å². The lowest BCUT2D eigenvalue weighted by Crippen LogP contribution is -2.07. The fourth-order valence-corrected chi connectivity index (χ4v) is 1.79. The van der Waals surface area contributed by atoms with Gasteiger partial charge in [-0.1, -0.05) is 6.07 Å². The Hall–Kier alpha value is -2.08. The van der Waals surface area contributed by atoms with Crippen LogP contribution in [0.5, 0.6) is 5.88 Å². The Morgan fingerprint density at radius 2 is 2.35 bits per heavy atom. The van der Waals surface area contributed by atoms with E-state index in [1.54, 1.807) is 22.6 Å². The van der Waals surface area contributed by atoms with Gasteiger partial charge >= 0.3 is 5.97 Å². The second-order valence-electron chi connectivity index (χ2n) is 3.51. The number of rotatable bonds is 4. The van der Waals surface area contributed by atoms with Crippen molar-refractivity contribution in [2.75, 3.05) is 13.7 Å². The first-order chi connectivity index (χ1) is 8.19. The monoisotopic (exact) mass is 235 g/mol. The molecular formula is C11H13N3O3. The summed E-state index contributed by atoms with van der Waals surface area (Å²) >= 11 is 0. The summed E-state index contributed by atoms with van der Waals surface area (Å²) in [5.41, 5.74) is 6.02. The van der Waals surface area contributed by atoms with Crippen LogP contribution >= 0.6 is 0 Å². The van der Waals surface area contributed by atoms with Crippen molar-refractivity contribution in [2.24, 2.45) is 5.73 Å². The lowest BCUT2D eigenvalue weighted by atomic mass is 10.3. The van der Waals surface area contributed by atoms with Crippen LogP contribution in [0.2, 0.25) is 0 Å². The number of nitrogens with zero attached hydrogens (tertiary/aromatic N) is 2. The molecule has 90 valence electrons. The number of carboxylic acid groups (broad SMARTS) is 1. The molecule has 0 aliphatic carbocycles. The average Bonchev–Trinajstić information content (AvgIpc) is 2.69. The van der Waals surface area contributed by atoms with Gasteiger partial charge in [0, 0.05) is 6.42 Å². The Labute approximate surface area is 97.6 Å². The van der Waals surface area contributed by atoms with E-state index >= 15 is 0 Å². The van der Waals surface area contributed by atoms with Gasteiger partial charge in [0.05, 0.1) is 12.6 Å². The minimum absolute atomic E-state index is 0.0207. The molecule has 6 nitrogen and oxygen atoms in total. The van der Waals surface area contributed by atoms with Crippen LogP contribution in [0, 0.1) is 0 Å². The number of methoxy groups -OCH3 is 1. The number of ether oxygens (including phenoxy) is 1. The molecule has 0 aliphatic rings. The fraction of sp³-hybridized carbons (Fsp3) is 0.273. The molecule has 2 aromatic rings. The van der Waals surface area contributed by atoms with Crippen molar-refractivity contribution in [3.63, 3.8) is 0 Å². The summed E-state index contributed by atoms with van der Waals surface area (Å²) in [6.45, 7) is 0.399. The number of imidazole rings is 1. The first-order valence-corrected chi connectivity index (χ1v) is 5.16. The minimum Gasteiger partial charge on any atom is -0.482 e. The third-order valence-electron chi connectivity index (χ3n) is 2.48. The number of hydrogen-bond acceptors (Lipinski definition) is 4. The predicted molar refractivity (Wildman–Crippen MR) is 61.5 cm³/mol. The van der Waals surface area contributed by atoms with Gasteiger partial charge in [0.25, 0.3) is 0 Å². The van der Waals surface area contributed by atoms with Gasteiger partial charge < -0.3 is 15.6 Å². The quantitative estimate of drug-likeness (QED) is 0.807. The topological polar surface area (TPSA) is 89.8 Å². The van der Waals surface area contributed by atoms with Gasteiger partial charge in [0.1, 0.15) is 5.82 Å². The Morgan fingerprint density at radius 1 is 1.59 bits per heavy atom. The van der Waals surface area contributed by atoms with E-state index in [2.05, 4.69) is 4.98 Å². The molecule has 6 heteroatoms. The van der Waals surface area contributed by atoms with E-state index in [-0.39, 0.29) is 5.69 Å². The zero-order valence-corrected chi connectivity index (χ0v) is 9.38. The molecule has 0 atom stereocenters. The first kappa shape index (κ1) is 11.4. The van der Waals surface area contributed by atoms with Crippen molar-refractivity contribution in [3.05, 3.63) is 29.7 Å². The summed E-state index contributed by atoms with van der Waals surface area (Å²) < 4.78 is 6.87. The van der Waals surface area contributed by atoms with Crippen LogP contribution in [0.15, 0.2) is 18.2 Å². The molecule has 0 aliphatic heterocycles. The number of pyridine rings is 1. The van der Waals surface area contributed by atoms with Crippen molar-refractivity contribution in [1.29, 1.82) is 0 Å². The van der Waals surface area contributed by atoms with Gasteiger partial charge in [-0.15, -0.1) is 0 Å². The zero-order valence-electron chi connectivity index (χ0n) is 9.38. The maximum Gasteiger partial charge on any atom is 0.356 e. The van der Waals surface area contributed by atoms with Crippen LogP contribution in [0.25, 0.3) is 5.52 Å². The van der Waals surface area contributed by atoms with E-state index < -0.39 is 5.97 Å². The molecule has 17 heavy (non-hydrogen) atoms. The Bertz CT molecular complexity index is 562. The van der Waals surface area contributed by atoms with Crippen molar-refractivity contribution in [3.8, 4) is 5.88 Å². The molecule has 0 unspecified atom stereocenters. The molecule has 3 N–H and O–H groups in total. The summed E-state index contributed by atoms with van der Waals surface area (Å²) in [6, 6.07) is 5.17. The summed E-state index contributed by atoms with van der Waals surface area (Å²) in [5.74, 6) is 0.0855. The van der Waals surface area contributed by atoms with Crippen molar-refractivity contribution in [2.45, 2.75) is 6.42 Å². The summed E-state index contributed by atoms with van der Waals surface area (Å²) in [7, 11) is 1.53. The van der Waals surface area contributed by atoms with E-state index in [1.807, 2.05) is 0 Å². The largest absolute Gasteiger partial charge is 0.482 e. The Morgan fingerprint density at radius 3 is 2.94 bits per heavy atom. The van der Waals surface area contributed by atoms with Crippen molar-refractivity contribution < 1.29 is 14.6 Å². The van der Waals surface area contributed by atoms with E-state index in [9.17, 15) is 4.79 Å². The minimum atomic E-state index is -1.06. The normalized spacial score (nSPS) is 10.7. The summed E-state index contributed by atoms with van der Waals surface area (Å²) in [6.07, 6.45) is 0.495. The second-order valence-corrected chi connectivity index (χ2v) is 3.51. The maximum atomic E-state index is 11.1. The molecule has 0 bridgehead atoms. The number of nitrogens with two attached hydrogens (primary N) is 1. The molecular weight excluding hydrogens is 222 g/mol. The van der Waals surface area contributed by atoms with E-state index in [4.69, 9.17) is 15.6 Å². The average molecular weight is 235 g/mol. The molecule has 0 spiro atoms. The van der Waals surface area contributed by atoms with Gasteiger partial charge in [-0.2, -0.15) is 0 Å². The molecule has 2 rings (SSSR count). The number of aromatic nitrogens is 2. The second kappa shape index (κ2) is 4.42. The number of fused-ring (bicyclic) bond motifs is 1. The van der Waals surface area contributed by atoms with Crippen LogP contribution in [-0.2, 0) is 6.42 Å². The fourth-order valence-electron chi connectivity index (χ4n) is 1.79.